The van der Waals surface area contributed by atoms with Gasteiger partial charge in [0.05, 0.1) is 6.42 Å². The summed E-state index contributed by atoms with van der Waals surface area (Å²) < 4.78 is 0. The molecule has 0 saturated heterocycles. The van der Waals surface area contributed by atoms with Gasteiger partial charge in [-0.25, -0.2) is 4.79 Å². The number of amides is 6. The summed E-state index contributed by atoms with van der Waals surface area (Å²) in [6.07, 6.45) is 3.73. The third kappa shape index (κ3) is 17.1. The monoisotopic (exact) mass is 806 g/mol. The largest absolute Gasteiger partial charge is 0.481 e. The number of aryl methyl sites for hydroxylation is 1. The van der Waals surface area contributed by atoms with Crippen molar-refractivity contribution < 1.29 is 48.6 Å². The van der Waals surface area contributed by atoms with Gasteiger partial charge in [-0.15, -0.1) is 0 Å². The topological polar surface area (TPSA) is 263 Å². The molecule has 0 aromatic heterocycles. The molecule has 5 atom stereocenters. The van der Waals surface area contributed by atoms with Crippen molar-refractivity contribution >= 4 is 47.4 Å². The van der Waals surface area contributed by atoms with Crippen molar-refractivity contribution in [1.82, 2.24) is 26.6 Å². The highest BCUT2D eigenvalue weighted by atomic mass is 16.4. The SMILES string of the molecule is CC(C)C[C@H](NC(=O)[C@H](CC(=O)O)NC(=O)[C@H](CC1CCCCC1)NC(=O)[C@H](CCC(N)=O)NC(=O)CCc1ccccc1)C(=O)N[C@@H](Cc1ccccc1)C(=O)O. The van der Waals surface area contributed by atoms with Gasteiger partial charge in [0.1, 0.15) is 30.2 Å². The molecule has 1 fully saturated rings. The number of aliphatic carboxylic acids is 2. The minimum absolute atomic E-state index is 0.0123. The Morgan fingerprint density at radius 2 is 1.16 bits per heavy atom. The van der Waals surface area contributed by atoms with E-state index >= 15 is 0 Å². The van der Waals surface area contributed by atoms with E-state index in [9.17, 15) is 48.6 Å². The minimum Gasteiger partial charge on any atom is -0.481 e. The van der Waals surface area contributed by atoms with Crippen LogP contribution >= 0.6 is 0 Å². The normalized spacial score (nSPS) is 15.4. The molecule has 1 aliphatic rings. The molecule has 16 heteroatoms. The first-order chi connectivity index (χ1) is 27.6. The number of benzene rings is 2. The smallest absolute Gasteiger partial charge is 0.326 e. The van der Waals surface area contributed by atoms with E-state index in [4.69, 9.17) is 5.73 Å². The van der Waals surface area contributed by atoms with Crippen LogP contribution in [0.25, 0.3) is 0 Å². The highest BCUT2D eigenvalue weighted by Gasteiger charge is 2.35. The second-order valence-electron chi connectivity index (χ2n) is 15.4. The van der Waals surface area contributed by atoms with Crippen molar-refractivity contribution in [3.63, 3.8) is 0 Å². The molecular formula is C42H58N6O10. The molecule has 0 radical (unpaired) electrons. The summed E-state index contributed by atoms with van der Waals surface area (Å²) in [7, 11) is 0. The minimum atomic E-state index is -1.69. The first-order valence-corrected chi connectivity index (χ1v) is 19.9. The Bertz CT molecular complexity index is 1700. The molecule has 1 aliphatic carbocycles. The van der Waals surface area contributed by atoms with Crippen molar-refractivity contribution in [2.24, 2.45) is 17.6 Å². The molecule has 9 N–H and O–H groups in total. The average molecular weight is 807 g/mol. The van der Waals surface area contributed by atoms with Crippen molar-refractivity contribution in [2.75, 3.05) is 0 Å². The fraction of sp³-hybridized carbons (Fsp3) is 0.524. The van der Waals surface area contributed by atoms with Crippen molar-refractivity contribution in [3.8, 4) is 0 Å². The maximum atomic E-state index is 14.0. The quantitative estimate of drug-likeness (QED) is 0.0766. The lowest BCUT2D eigenvalue weighted by Gasteiger charge is -2.29. The summed E-state index contributed by atoms with van der Waals surface area (Å²) in [4.78, 5) is 104. The van der Waals surface area contributed by atoms with Crippen LogP contribution in [0.5, 0.6) is 0 Å². The first kappa shape index (κ1) is 46.6. The van der Waals surface area contributed by atoms with E-state index < -0.39 is 84.0 Å². The molecule has 2 aromatic rings. The first-order valence-electron chi connectivity index (χ1n) is 19.9. The number of rotatable bonds is 24. The molecule has 0 bridgehead atoms. The van der Waals surface area contributed by atoms with Crippen LogP contribution in [0.2, 0.25) is 0 Å². The number of nitrogens with one attached hydrogen (secondary N) is 5. The van der Waals surface area contributed by atoms with Gasteiger partial charge < -0.3 is 42.5 Å². The van der Waals surface area contributed by atoms with E-state index in [1.165, 1.54) is 0 Å². The molecular weight excluding hydrogens is 748 g/mol. The van der Waals surface area contributed by atoms with Gasteiger partial charge in [-0.2, -0.15) is 0 Å². The maximum absolute atomic E-state index is 14.0. The average Bonchev–Trinajstić information content (AvgIpc) is 3.18. The van der Waals surface area contributed by atoms with Crippen LogP contribution in [0, 0.1) is 11.8 Å². The molecule has 0 spiro atoms. The zero-order valence-corrected chi connectivity index (χ0v) is 33.2. The molecule has 0 aliphatic heterocycles. The van der Waals surface area contributed by atoms with Crippen LogP contribution in [-0.4, -0.2) is 87.8 Å². The Kier molecular flexibility index (Phi) is 19.3. The van der Waals surface area contributed by atoms with Gasteiger partial charge in [-0.1, -0.05) is 107 Å². The van der Waals surface area contributed by atoms with Gasteiger partial charge in [0.15, 0.2) is 0 Å². The number of primary amides is 1. The molecule has 316 valence electrons. The predicted molar refractivity (Wildman–Crippen MR) is 214 cm³/mol. The molecule has 0 heterocycles. The highest BCUT2D eigenvalue weighted by molar-refractivity contribution is 5.97. The third-order valence-corrected chi connectivity index (χ3v) is 9.99. The van der Waals surface area contributed by atoms with Gasteiger partial charge in [0.25, 0.3) is 0 Å². The summed E-state index contributed by atoms with van der Waals surface area (Å²) in [5, 5.41) is 32.4. The number of carbonyl (C=O) groups is 8. The van der Waals surface area contributed by atoms with Crippen molar-refractivity contribution in [3.05, 3.63) is 71.8 Å². The highest BCUT2D eigenvalue weighted by Crippen LogP contribution is 2.27. The molecule has 3 rings (SSSR count). The number of carbonyl (C=O) groups excluding carboxylic acids is 6. The van der Waals surface area contributed by atoms with Crippen LogP contribution < -0.4 is 32.3 Å². The van der Waals surface area contributed by atoms with Gasteiger partial charge in [0.2, 0.25) is 35.4 Å². The number of hydrogen-bond acceptors (Lipinski definition) is 8. The Morgan fingerprint density at radius 3 is 1.72 bits per heavy atom. The van der Waals surface area contributed by atoms with Crippen LogP contribution in [-0.2, 0) is 51.2 Å². The Balaban J connectivity index is 1.80. The van der Waals surface area contributed by atoms with Crippen molar-refractivity contribution in [2.45, 2.75) is 128 Å². The molecule has 16 nitrogen and oxygen atoms in total. The van der Waals surface area contributed by atoms with E-state index in [0.717, 1.165) is 37.7 Å². The zero-order chi connectivity index (χ0) is 42.6. The number of carboxylic acids is 2. The lowest BCUT2D eigenvalue weighted by atomic mass is 9.84. The zero-order valence-electron chi connectivity index (χ0n) is 33.2. The molecule has 6 amide bonds. The fourth-order valence-corrected chi connectivity index (χ4v) is 6.94. The predicted octanol–water partition coefficient (Wildman–Crippen LogP) is 2.13. The summed E-state index contributed by atoms with van der Waals surface area (Å²) >= 11 is 0. The number of nitrogens with two attached hydrogens (primary N) is 1. The van der Waals surface area contributed by atoms with E-state index in [0.29, 0.717) is 12.0 Å². The van der Waals surface area contributed by atoms with E-state index in [2.05, 4.69) is 26.6 Å². The van der Waals surface area contributed by atoms with Crippen LogP contribution in [0.4, 0.5) is 0 Å². The lowest BCUT2D eigenvalue weighted by Crippen LogP contribution is -2.59. The molecule has 2 aromatic carbocycles. The summed E-state index contributed by atoms with van der Waals surface area (Å²) in [5.74, 6) is -7.47. The fourth-order valence-electron chi connectivity index (χ4n) is 6.94. The third-order valence-electron chi connectivity index (χ3n) is 9.99. The number of hydrogen-bond donors (Lipinski definition) is 8. The lowest BCUT2D eigenvalue weighted by molar-refractivity contribution is -0.143. The second kappa shape index (κ2) is 24.1. The summed E-state index contributed by atoms with van der Waals surface area (Å²) in [6.45, 7) is 3.56. The number of carboxylic acid groups (broad SMARTS) is 2. The Morgan fingerprint density at radius 1 is 0.638 bits per heavy atom. The molecule has 0 unspecified atom stereocenters. The summed E-state index contributed by atoms with van der Waals surface area (Å²) in [6, 6.07) is 11.1. The van der Waals surface area contributed by atoms with Crippen LogP contribution in [0.15, 0.2) is 60.7 Å². The standard InChI is InChI=1S/C42H58N6O10/c1-26(2)22-31(39(54)48-34(42(57)58)24-29-16-10-5-11-17-29)45-41(56)33(25-37(51)52)47-40(55)32(23-28-14-8-4-9-15-28)46-38(53)30(19-20-35(43)49)44-36(50)21-18-27-12-6-3-7-13-27/h3,5-7,10-13,16-17,26,28,30-34H,4,8-9,14-15,18-25H2,1-2H3,(H2,43,49)(H,44,50)(H,45,56)(H,46,53)(H,47,55)(H,48,54)(H,51,52)(H,57,58)/t30-,31-,32-,33-,34-/m0/s1. The Labute approximate surface area is 338 Å². The van der Waals surface area contributed by atoms with Crippen LogP contribution in [0.1, 0.15) is 95.6 Å². The van der Waals surface area contributed by atoms with E-state index in [-0.39, 0.29) is 50.4 Å². The summed E-state index contributed by atoms with van der Waals surface area (Å²) in [5.41, 5.74) is 6.93. The Hall–Kier alpha value is -5.80. The second-order valence-corrected chi connectivity index (χ2v) is 15.4. The van der Waals surface area contributed by atoms with E-state index in [1.807, 2.05) is 30.3 Å². The van der Waals surface area contributed by atoms with Gasteiger partial charge in [-0.05, 0) is 48.6 Å². The molecule has 58 heavy (non-hydrogen) atoms. The maximum Gasteiger partial charge on any atom is 0.326 e. The van der Waals surface area contributed by atoms with Gasteiger partial charge >= 0.3 is 11.9 Å². The molecule has 1 saturated carbocycles. The van der Waals surface area contributed by atoms with E-state index in [1.54, 1.807) is 44.2 Å². The van der Waals surface area contributed by atoms with Gasteiger partial charge in [-0.3, -0.25) is 33.6 Å². The van der Waals surface area contributed by atoms with Crippen molar-refractivity contribution in [1.29, 1.82) is 0 Å². The van der Waals surface area contributed by atoms with Crippen LogP contribution in [0.3, 0.4) is 0 Å². The van der Waals surface area contributed by atoms with Gasteiger partial charge in [0, 0.05) is 19.3 Å².